The predicted octanol–water partition coefficient (Wildman–Crippen LogP) is 3.89. The topological polar surface area (TPSA) is 36.7 Å². The third kappa shape index (κ3) is 2.69. The molecular formula is C12H13ClN2S. The molecule has 84 valence electrons. The highest BCUT2D eigenvalue weighted by Gasteiger charge is 2.16. The predicted molar refractivity (Wildman–Crippen MR) is 66.6 cm³/mol. The summed E-state index contributed by atoms with van der Waals surface area (Å²) in [7, 11) is 0. The number of hydrogen-bond acceptors (Lipinski definition) is 3. The molecule has 0 N–H and O–H groups in total. The maximum atomic E-state index is 8.85. The second-order valence-electron chi connectivity index (χ2n) is 4.05. The maximum absolute atomic E-state index is 8.85. The van der Waals surface area contributed by atoms with E-state index in [0.717, 1.165) is 16.7 Å². The zero-order valence-electron chi connectivity index (χ0n) is 8.95. The van der Waals surface area contributed by atoms with Gasteiger partial charge in [0.25, 0.3) is 0 Å². The van der Waals surface area contributed by atoms with E-state index in [9.17, 15) is 0 Å². The number of rotatable bonds is 3. The molecule has 1 aliphatic rings. The Bertz CT molecular complexity index is 408. The molecule has 0 unspecified atom stereocenters. The van der Waals surface area contributed by atoms with Gasteiger partial charge in [0.05, 0.1) is 10.6 Å². The summed E-state index contributed by atoms with van der Waals surface area (Å²) in [5, 5.41) is 10.2. The van der Waals surface area contributed by atoms with Crippen molar-refractivity contribution in [3.05, 3.63) is 22.8 Å². The third-order valence-electron chi connectivity index (χ3n) is 2.91. The van der Waals surface area contributed by atoms with Crippen LogP contribution in [-0.4, -0.2) is 10.7 Å². The lowest BCUT2D eigenvalue weighted by Crippen LogP contribution is -1.97. The van der Waals surface area contributed by atoms with Crippen molar-refractivity contribution in [2.75, 3.05) is 5.75 Å². The molecule has 0 amide bonds. The van der Waals surface area contributed by atoms with Gasteiger partial charge in [-0.3, -0.25) is 0 Å². The van der Waals surface area contributed by atoms with Crippen molar-refractivity contribution < 1.29 is 0 Å². The normalized spacial score (nSPS) is 16.2. The average Bonchev–Trinajstić information content (AvgIpc) is 2.81. The molecule has 1 aliphatic carbocycles. The van der Waals surface area contributed by atoms with Crippen LogP contribution in [0.25, 0.3) is 0 Å². The van der Waals surface area contributed by atoms with Crippen LogP contribution in [0.15, 0.2) is 17.3 Å². The van der Waals surface area contributed by atoms with Crippen LogP contribution in [-0.2, 0) is 0 Å². The number of nitriles is 1. The van der Waals surface area contributed by atoms with Crippen molar-refractivity contribution in [3.8, 4) is 6.07 Å². The molecule has 0 radical (unpaired) electrons. The molecule has 1 aromatic heterocycles. The Morgan fingerprint density at radius 2 is 2.25 bits per heavy atom. The van der Waals surface area contributed by atoms with Gasteiger partial charge in [-0.2, -0.15) is 5.26 Å². The number of pyridine rings is 1. The van der Waals surface area contributed by atoms with Crippen molar-refractivity contribution in [2.24, 2.45) is 5.92 Å². The van der Waals surface area contributed by atoms with Gasteiger partial charge in [-0.25, -0.2) is 4.98 Å². The highest BCUT2D eigenvalue weighted by molar-refractivity contribution is 7.99. The molecular weight excluding hydrogens is 240 g/mol. The first-order valence-corrected chi connectivity index (χ1v) is 6.85. The summed E-state index contributed by atoms with van der Waals surface area (Å²) in [5.41, 5.74) is 0.519. The van der Waals surface area contributed by atoms with Crippen LogP contribution in [0.5, 0.6) is 0 Å². The lowest BCUT2D eigenvalue weighted by atomic mass is 10.1. The summed E-state index contributed by atoms with van der Waals surface area (Å²) in [5.74, 6) is 1.87. The van der Waals surface area contributed by atoms with Gasteiger partial charge < -0.3 is 0 Å². The standard InChI is InChI=1S/C12H13ClN2S/c13-11-10(7-14)5-6-15-12(11)16-8-9-3-1-2-4-9/h5-6,9H,1-4,8H2. The van der Waals surface area contributed by atoms with Crippen LogP contribution >= 0.6 is 23.4 Å². The zero-order chi connectivity index (χ0) is 11.4. The Hall–Kier alpha value is -0.720. The SMILES string of the molecule is N#Cc1ccnc(SCC2CCCC2)c1Cl. The fourth-order valence-corrected chi connectivity index (χ4v) is 3.40. The van der Waals surface area contributed by atoms with Crippen LogP contribution in [0.1, 0.15) is 31.2 Å². The fraction of sp³-hybridized carbons (Fsp3) is 0.500. The van der Waals surface area contributed by atoms with Crippen molar-refractivity contribution in [2.45, 2.75) is 30.7 Å². The molecule has 2 nitrogen and oxygen atoms in total. The highest BCUT2D eigenvalue weighted by Crippen LogP contribution is 2.33. The van der Waals surface area contributed by atoms with Crippen LogP contribution in [0, 0.1) is 17.2 Å². The van der Waals surface area contributed by atoms with Gasteiger partial charge in [0.1, 0.15) is 11.1 Å². The van der Waals surface area contributed by atoms with E-state index in [0.29, 0.717) is 10.6 Å². The number of thioether (sulfide) groups is 1. The lowest BCUT2D eigenvalue weighted by Gasteiger charge is -2.08. The van der Waals surface area contributed by atoms with E-state index in [4.69, 9.17) is 16.9 Å². The molecule has 0 saturated heterocycles. The number of aromatic nitrogens is 1. The Labute approximate surface area is 105 Å². The van der Waals surface area contributed by atoms with Crippen molar-refractivity contribution >= 4 is 23.4 Å². The first kappa shape index (κ1) is 11.8. The van der Waals surface area contributed by atoms with Gasteiger partial charge in [0.15, 0.2) is 0 Å². The molecule has 4 heteroatoms. The number of halogens is 1. The summed E-state index contributed by atoms with van der Waals surface area (Å²) in [4.78, 5) is 4.23. The zero-order valence-corrected chi connectivity index (χ0v) is 10.5. The Balaban J connectivity index is 2.01. The molecule has 0 atom stereocenters. The molecule has 0 aliphatic heterocycles. The summed E-state index contributed by atoms with van der Waals surface area (Å²) >= 11 is 7.77. The molecule has 1 aromatic rings. The van der Waals surface area contributed by atoms with Crippen LogP contribution < -0.4 is 0 Å². The highest BCUT2D eigenvalue weighted by atomic mass is 35.5. The van der Waals surface area contributed by atoms with Gasteiger partial charge >= 0.3 is 0 Å². The fourth-order valence-electron chi connectivity index (χ4n) is 1.99. The van der Waals surface area contributed by atoms with E-state index >= 15 is 0 Å². The monoisotopic (exact) mass is 252 g/mol. The molecule has 16 heavy (non-hydrogen) atoms. The molecule has 0 bridgehead atoms. The van der Waals surface area contributed by atoms with Gasteiger partial charge in [-0.05, 0) is 24.8 Å². The Morgan fingerprint density at radius 1 is 1.50 bits per heavy atom. The number of hydrogen-bond donors (Lipinski definition) is 0. The summed E-state index contributed by atoms with van der Waals surface area (Å²) < 4.78 is 0. The Morgan fingerprint density at radius 3 is 2.94 bits per heavy atom. The van der Waals surface area contributed by atoms with E-state index in [1.165, 1.54) is 25.7 Å². The molecule has 1 saturated carbocycles. The minimum absolute atomic E-state index is 0.507. The van der Waals surface area contributed by atoms with Crippen molar-refractivity contribution in [1.29, 1.82) is 5.26 Å². The first-order chi connectivity index (χ1) is 7.81. The van der Waals surface area contributed by atoms with E-state index in [1.807, 2.05) is 0 Å². The minimum atomic E-state index is 0.507. The first-order valence-electron chi connectivity index (χ1n) is 5.48. The largest absolute Gasteiger partial charge is 0.248 e. The van der Waals surface area contributed by atoms with Crippen LogP contribution in [0.4, 0.5) is 0 Å². The van der Waals surface area contributed by atoms with Crippen LogP contribution in [0.2, 0.25) is 5.02 Å². The van der Waals surface area contributed by atoms with E-state index in [-0.39, 0.29) is 0 Å². The van der Waals surface area contributed by atoms with Crippen molar-refractivity contribution in [1.82, 2.24) is 4.98 Å². The summed E-state index contributed by atoms with van der Waals surface area (Å²) in [6.07, 6.45) is 7.00. The average molecular weight is 253 g/mol. The van der Waals surface area contributed by atoms with E-state index < -0.39 is 0 Å². The smallest absolute Gasteiger partial charge is 0.116 e. The van der Waals surface area contributed by atoms with E-state index in [2.05, 4.69) is 11.1 Å². The molecule has 2 rings (SSSR count). The molecule has 1 fully saturated rings. The van der Waals surface area contributed by atoms with Crippen LogP contribution in [0.3, 0.4) is 0 Å². The van der Waals surface area contributed by atoms with Gasteiger partial charge in [-0.15, -0.1) is 11.8 Å². The maximum Gasteiger partial charge on any atom is 0.116 e. The minimum Gasteiger partial charge on any atom is -0.248 e. The van der Waals surface area contributed by atoms with Gasteiger partial charge in [0.2, 0.25) is 0 Å². The summed E-state index contributed by atoms with van der Waals surface area (Å²) in [6.45, 7) is 0. The molecule has 1 heterocycles. The quantitative estimate of drug-likeness (QED) is 0.766. The summed E-state index contributed by atoms with van der Waals surface area (Å²) in [6, 6.07) is 3.73. The second-order valence-corrected chi connectivity index (χ2v) is 5.44. The van der Waals surface area contributed by atoms with Crippen molar-refractivity contribution in [3.63, 3.8) is 0 Å². The van der Waals surface area contributed by atoms with Gasteiger partial charge in [0, 0.05) is 11.9 Å². The van der Waals surface area contributed by atoms with E-state index in [1.54, 1.807) is 24.0 Å². The number of nitrogens with zero attached hydrogens (tertiary/aromatic N) is 2. The Kier molecular flexibility index (Phi) is 4.09. The second kappa shape index (κ2) is 5.56. The van der Waals surface area contributed by atoms with Gasteiger partial charge in [-0.1, -0.05) is 24.4 Å². The molecule has 0 aromatic carbocycles. The third-order valence-corrected chi connectivity index (χ3v) is 4.62. The lowest BCUT2D eigenvalue weighted by molar-refractivity contribution is 0.623. The molecule has 0 spiro atoms.